The van der Waals surface area contributed by atoms with Crippen LogP contribution in [0.25, 0.3) is 27.7 Å². The molecule has 1 aromatic heterocycles. The second-order valence-electron chi connectivity index (χ2n) is 14.8. The molecule has 59 heavy (non-hydrogen) atoms. The highest BCUT2D eigenvalue weighted by Gasteiger charge is 2.45. The molecule has 0 aliphatic carbocycles. The minimum Gasteiger partial charge on any atom is -0.404 e. The van der Waals surface area contributed by atoms with E-state index < -0.39 is 41.3 Å². The molecule has 15 nitrogen and oxygen atoms in total. The van der Waals surface area contributed by atoms with Crippen LogP contribution in [0.4, 0.5) is 14.5 Å². The highest BCUT2D eigenvalue weighted by atomic mass is 19.1. The maximum Gasteiger partial charge on any atom is 0.264 e. The average Bonchev–Trinajstić information content (AvgIpc) is 3.50. The Morgan fingerprint density at radius 1 is 0.966 bits per heavy atom. The van der Waals surface area contributed by atoms with Gasteiger partial charge in [0.15, 0.2) is 0 Å². The number of likely N-dealkylation sites (tertiary alicyclic amines) is 1. The minimum absolute atomic E-state index is 0.00665. The van der Waals surface area contributed by atoms with Crippen molar-refractivity contribution in [3.63, 3.8) is 0 Å². The number of allylic oxidation sites excluding steroid dienone is 1. The van der Waals surface area contributed by atoms with Gasteiger partial charge in [-0.15, -0.1) is 0 Å². The first kappa shape index (κ1) is 39.4. The van der Waals surface area contributed by atoms with E-state index in [9.17, 15) is 24.0 Å². The van der Waals surface area contributed by atoms with Gasteiger partial charge in [-0.3, -0.25) is 49.1 Å². The van der Waals surface area contributed by atoms with Gasteiger partial charge in [0.25, 0.3) is 11.8 Å². The van der Waals surface area contributed by atoms with Crippen LogP contribution in [0.15, 0.2) is 65.9 Å². The van der Waals surface area contributed by atoms with Gasteiger partial charge in [0.2, 0.25) is 17.7 Å². The Labute approximate surface area is 337 Å². The summed E-state index contributed by atoms with van der Waals surface area (Å²) in [6.07, 6.45) is 5.75. The predicted octanol–water partition coefficient (Wildman–Crippen LogP) is 3.28. The van der Waals surface area contributed by atoms with E-state index in [1.54, 1.807) is 47.6 Å². The van der Waals surface area contributed by atoms with Gasteiger partial charge in [-0.1, -0.05) is 18.2 Å². The summed E-state index contributed by atoms with van der Waals surface area (Å²) in [5.74, 6) is -3.93. The Kier molecular flexibility index (Phi) is 11.2. The lowest BCUT2D eigenvalue weighted by atomic mass is 10.0. The number of ether oxygens (including phenoxy) is 1. The molecule has 304 valence electrons. The Bertz CT molecular complexity index is 2400. The van der Waals surface area contributed by atoms with Crippen LogP contribution in [0.5, 0.6) is 0 Å². The van der Waals surface area contributed by atoms with Crippen molar-refractivity contribution in [3.05, 3.63) is 94.9 Å². The van der Waals surface area contributed by atoms with Crippen molar-refractivity contribution in [3.8, 4) is 11.1 Å². The van der Waals surface area contributed by atoms with E-state index in [2.05, 4.69) is 15.6 Å². The van der Waals surface area contributed by atoms with E-state index in [0.717, 1.165) is 4.90 Å². The van der Waals surface area contributed by atoms with E-state index in [4.69, 9.17) is 20.4 Å². The molecule has 17 heteroatoms. The van der Waals surface area contributed by atoms with Gasteiger partial charge >= 0.3 is 0 Å². The number of carbonyl (C=O) groups is 5. The zero-order valence-electron chi connectivity index (χ0n) is 32.0. The third kappa shape index (κ3) is 8.03. The second kappa shape index (κ2) is 16.8. The van der Waals surface area contributed by atoms with Crippen LogP contribution in [0.3, 0.4) is 0 Å². The number of fused-ring (bicyclic) bond motifs is 2. The van der Waals surface area contributed by atoms with Crippen molar-refractivity contribution >= 4 is 58.0 Å². The maximum absolute atomic E-state index is 15.4. The second-order valence-corrected chi connectivity index (χ2v) is 14.8. The molecule has 4 aromatic rings. The van der Waals surface area contributed by atoms with Crippen LogP contribution < -0.4 is 16.4 Å². The number of nitrogens with one attached hydrogen (secondary N) is 2. The Balaban J connectivity index is 0.890. The van der Waals surface area contributed by atoms with Crippen molar-refractivity contribution in [2.75, 3.05) is 51.3 Å². The first-order chi connectivity index (χ1) is 28.6. The van der Waals surface area contributed by atoms with Gasteiger partial charge in [-0.25, -0.2) is 13.8 Å². The summed E-state index contributed by atoms with van der Waals surface area (Å²) in [7, 11) is 0. The number of aliphatic imine (C=N–C) groups is 1. The first-order valence-electron chi connectivity index (χ1n) is 19.5. The van der Waals surface area contributed by atoms with Gasteiger partial charge < -0.3 is 20.7 Å². The third-order valence-electron chi connectivity index (χ3n) is 11.1. The fourth-order valence-electron chi connectivity index (χ4n) is 7.89. The molecule has 1 unspecified atom stereocenters. The number of halogens is 2. The molecule has 5 amide bonds. The molecule has 0 spiro atoms. The minimum atomic E-state index is -1.09. The lowest BCUT2D eigenvalue weighted by Crippen LogP contribution is -2.54. The predicted molar refractivity (Wildman–Crippen MR) is 213 cm³/mol. The van der Waals surface area contributed by atoms with E-state index in [0.29, 0.717) is 91.3 Å². The number of piperidine rings is 2. The average molecular weight is 806 g/mol. The molecular weight excluding hydrogens is 765 g/mol. The number of carbonyl (C=O) groups excluding carboxylic acids is 5. The summed E-state index contributed by atoms with van der Waals surface area (Å²) < 4.78 is 36.1. The zero-order valence-corrected chi connectivity index (χ0v) is 32.0. The van der Waals surface area contributed by atoms with Crippen molar-refractivity contribution in [1.82, 2.24) is 30.0 Å². The molecule has 3 saturated heterocycles. The number of para-hydroxylation sites is 1. The normalized spacial score (nSPS) is 19.5. The number of benzene rings is 3. The van der Waals surface area contributed by atoms with Gasteiger partial charge in [-0.2, -0.15) is 0 Å². The lowest BCUT2D eigenvalue weighted by Gasteiger charge is -2.30. The number of aromatic nitrogens is 2. The van der Waals surface area contributed by atoms with Crippen molar-refractivity contribution in [2.45, 2.75) is 44.3 Å². The Hall–Kier alpha value is -6.46. The number of amides is 5. The van der Waals surface area contributed by atoms with Gasteiger partial charge in [0.1, 0.15) is 17.7 Å². The molecule has 5 heterocycles. The molecule has 8 rings (SSSR count). The van der Waals surface area contributed by atoms with Crippen molar-refractivity contribution in [1.29, 1.82) is 0 Å². The summed E-state index contributed by atoms with van der Waals surface area (Å²) >= 11 is 0. The van der Waals surface area contributed by atoms with E-state index in [1.165, 1.54) is 24.4 Å². The first-order valence-corrected chi connectivity index (χ1v) is 19.5. The molecular formula is C42H41F2N9O6. The van der Waals surface area contributed by atoms with E-state index in [1.807, 2.05) is 4.90 Å². The molecule has 4 aliphatic rings. The van der Waals surface area contributed by atoms with Crippen LogP contribution in [0.2, 0.25) is 0 Å². The molecule has 4 aliphatic heterocycles. The number of anilines is 1. The molecule has 4 N–H and O–H groups in total. The van der Waals surface area contributed by atoms with Gasteiger partial charge in [-0.05, 0) is 55.2 Å². The standard InChI is InChI=1S/C42H41F2N9O6/c43-30-17-24(18-31(44)29(30)23-51-13-15-59-16-14-51)27-3-1-6-33-39(27)49-34(21-47-33)25(19-45)20-46-26-9-11-52(12-10-26)37(55)22-48-32-5-2-4-28-38(32)42(58)53(41(28)57)35-7-8-36(54)50-40(35)56/h1-6,17-21,26,35,48H,7-16,22-23,45H2,(H,50,54,56). The number of hydrogen-bond donors (Lipinski definition) is 3. The highest BCUT2D eigenvalue weighted by Crippen LogP contribution is 2.33. The quantitative estimate of drug-likeness (QED) is 0.157. The van der Waals surface area contributed by atoms with Gasteiger partial charge in [0.05, 0.1) is 59.9 Å². The molecule has 3 fully saturated rings. The topological polar surface area (TPSA) is 193 Å². The van der Waals surface area contributed by atoms with Crippen LogP contribution in [-0.2, 0) is 25.7 Å². The monoisotopic (exact) mass is 805 g/mol. The maximum atomic E-state index is 15.4. The van der Waals surface area contributed by atoms with Crippen LogP contribution in [0, 0.1) is 11.6 Å². The molecule has 1 atom stereocenters. The summed E-state index contributed by atoms with van der Waals surface area (Å²) in [5.41, 5.74) is 9.28. The summed E-state index contributed by atoms with van der Waals surface area (Å²) in [4.78, 5) is 82.6. The number of morpholine rings is 1. The van der Waals surface area contributed by atoms with Crippen LogP contribution >= 0.6 is 0 Å². The summed E-state index contributed by atoms with van der Waals surface area (Å²) in [6, 6.07) is 11.4. The Morgan fingerprint density at radius 3 is 2.42 bits per heavy atom. The lowest BCUT2D eigenvalue weighted by molar-refractivity contribution is -0.136. The summed E-state index contributed by atoms with van der Waals surface area (Å²) in [6.45, 7) is 3.11. The Morgan fingerprint density at radius 2 is 1.69 bits per heavy atom. The molecule has 0 bridgehead atoms. The summed E-state index contributed by atoms with van der Waals surface area (Å²) in [5, 5.41) is 5.19. The van der Waals surface area contributed by atoms with Crippen LogP contribution in [-0.4, -0.2) is 118 Å². The third-order valence-corrected chi connectivity index (χ3v) is 11.1. The fraction of sp³-hybridized carbons (Fsp3) is 0.333. The highest BCUT2D eigenvalue weighted by molar-refractivity contribution is 6.25. The molecule has 0 radical (unpaired) electrons. The number of nitrogens with two attached hydrogens (primary N) is 1. The van der Waals surface area contributed by atoms with E-state index >= 15 is 8.78 Å². The number of rotatable bonds is 10. The molecule has 3 aromatic carbocycles. The smallest absolute Gasteiger partial charge is 0.264 e. The SMILES string of the molecule is NC=C(C=NC1CCN(C(=O)CNc2cccc3c2C(=O)N(C2CCC(=O)NC2=O)C3=O)CC1)c1cnc2cccc(-c3cc(F)c(CN4CCOCC4)c(F)c3)c2n1. The fourth-order valence-corrected chi connectivity index (χ4v) is 7.89. The number of imide groups is 2. The van der Waals surface area contributed by atoms with Gasteiger partial charge in [0, 0.05) is 73.9 Å². The van der Waals surface area contributed by atoms with E-state index in [-0.39, 0.29) is 54.6 Å². The van der Waals surface area contributed by atoms with Crippen molar-refractivity contribution in [2.24, 2.45) is 10.7 Å². The largest absolute Gasteiger partial charge is 0.404 e. The number of nitrogens with zero attached hydrogens (tertiary/aromatic N) is 6. The molecule has 0 saturated carbocycles. The van der Waals surface area contributed by atoms with Crippen molar-refractivity contribution < 1.29 is 37.5 Å². The zero-order chi connectivity index (χ0) is 41.2. The number of hydrogen-bond acceptors (Lipinski definition) is 12. The van der Waals surface area contributed by atoms with Crippen LogP contribution in [0.1, 0.15) is 57.7 Å².